The number of benzene rings is 1. The molecule has 0 aromatic heterocycles. The first-order valence-corrected chi connectivity index (χ1v) is 6.40. The molecule has 4 heteroatoms. The van der Waals surface area contributed by atoms with Crippen molar-refractivity contribution in [3.8, 4) is 0 Å². The van der Waals surface area contributed by atoms with Gasteiger partial charge in [0.1, 0.15) is 0 Å². The van der Waals surface area contributed by atoms with E-state index in [-0.39, 0.29) is 5.56 Å². The molecule has 0 aliphatic carbocycles. The van der Waals surface area contributed by atoms with Crippen LogP contribution in [0.1, 0.15) is 24.0 Å². The van der Waals surface area contributed by atoms with Crippen LogP contribution in [0.3, 0.4) is 0 Å². The monoisotopic (exact) mass is 254 g/mol. The maximum absolute atomic E-state index is 14.4. The van der Waals surface area contributed by atoms with Crippen LogP contribution in [0.2, 0.25) is 0 Å². The SMILES string of the molecule is CN1CCC(C(F)(F)c2ccc(CN)cc2)CC1. The van der Waals surface area contributed by atoms with Gasteiger partial charge in [0.05, 0.1) is 0 Å². The lowest BCUT2D eigenvalue weighted by molar-refractivity contribution is -0.0837. The van der Waals surface area contributed by atoms with E-state index in [1.807, 2.05) is 7.05 Å². The maximum atomic E-state index is 14.4. The molecule has 1 fully saturated rings. The lowest BCUT2D eigenvalue weighted by Crippen LogP contribution is -2.37. The fourth-order valence-corrected chi connectivity index (χ4v) is 2.47. The standard InChI is InChI=1S/C14H20F2N2/c1-18-8-6-13(7-9-18)14(15,16)12-4-2-11(10-17)3-5-12/h2-5,13H,6-10,17H2,1H3. The summed E-state index contributed by atoms with van der Waals surface area (Å²) >= 11 is 0. The number of piperidine rings is 1. The van der Waals surface area contributed by atoms with Crippen molar-refractivity contribution in [1.82, 2.24) is 4.90 Å². The second-order valence-electron chi connectivity index (χ2n) is 5.10. The van der Waals surface area contributed by atoms with Crippen molar-refractivity contribution >= 4 is 0 Å². The largest absolute Gasteiger partial charge is 0.326 e. The Labute approximate surface area is 107 Å². The highest BCUT2D eigenvalue weighted by Crippen LogP contribution is 2.41. The first-order chi connectivity index (χ1) is 8.54. The van der Waals surface area contributed by atoms with Crippen molar-refractivity contribution in [2.24, 2.45) is 11.7 Å². The van der Waals surface area contributed by atoms with Crippen molar-refractivity contribution < 1.29 is 8.78 Å². The molecule has 0 radical (unpaired) electrons. The summed E-state index contributed by atoms with van der Waals surface area (Å²) in [6.07, 6.45) is 1.12. The minimum Gasteiger partial charge on any atom is -0.326 e. The summed E-state index contributed by atoms with van der Waals surface area (Å²) in [6, 6.07) is 6.41. The van der Waals surface area contributed by atoms with E-state index < -0.39 is 11.8 Å². The van der Waals surface area contributed by atoms with Crippen molar-refractivity contribution in [1.29, 1.82) is 0 Å². The van der Waals surface area contributed by atoms with Crippen molar-refractivity contribution in [3.63, 3.8) is 0 Å². The van der Waals surface area contributed by atoms with E-state index in [1.54, 1.807) is 12.1 Å². The first kappa shape index (κ1) is 13.4. The molecule has 0 atom stereocenters. The molecule has 1 aliphatic rings. The predicted molar refractivity (Wildman–Crippen MR) is 68.4 cm³/mol. The van der Waals surface area contributed by atoms with Gasteiger partial charge in [0.25, 0.3) is 5.92 Å². The van der Waals surface area contributed by atoms with Crippen LogP contribution in [0.15, 0.2) is 24.3 Å². The molecule has 1 aromatic carbocycles. The van der Waals surface area contributed by atoms with Crippen LogP contribution in [-0.2, 0) is 12.5 Å². The zero-order valence-corrected chi connectivity index (χ0v) is 10.7. The van der Waals surface area contributed by atoms with Gasteiger partial charge in [-0.25, -0.2) is 8.78 Å². The quantitative estimate of drug-likeness (QED) is 0.898. The van der Waals surface area contributed by atoms with Crippen molar-refractivity contribution in [3.05, 3.63) is 35.4 Å². The number of hydrogen-bond donors (Lipinski definition) is 1. The van der Waals surface area contributed by atoms with Gasteiger partial charge in [-0.15, -0.1) is 0 Å². The van der Waals surface area contributed by atoms with Crippen LogP contribution >= 0.6 is 0 Å². The van der Waals surface area contributed by atoms with Gasteiger partial charge in [0.2, 0.25) is 0 Å². The van der Waals surface area contributed by atoms with Crippen molar-refractivity contribution in [2.75, 3.05) is 20.1 Å². The summed E-state index contributed by atoms with van der Waals surface area (Å²) in [4.78, 5) is 2.10. The van der Waals surface area contributed by atoms with Crippen LogP contribution in [-0.4, -0.2) is 25.0 Å². The lowest BCUT2D eigenvalue weighted by Gasteiger charge is -2.34. The van der Waals surface area contributed by atoms with Gasteiger partial charge >= 0.3 is 0 Å². The summed E-state index contributed by atoms with van der Waals surface area (Å²) in [5.74, 6) is -3.27. The molecule has 100 valence electrons. The molecule has 2 nitrogen and oxygen atoms in total. The zero-order valence-electron chi connectivity index (χ0n) is 10.7. The smallest absolute Gasteiger partial charge is 0.276 e. The Balaban J connectivity index is 2.13. The summed E-state index contributed by atoms with van der Waals surface area (Å²) in [6.45, 7) is 1.89. The van der Waals surface area contributed by atoms with E-state index in [0.29, 0.717) is 19.4 Å². The van der Waals surface area contributed by atoms with Gasteiger partial charge in [0.15, 0.2) is 0 Å². The molecule has 2 rings (SSSR count). The van der Waals surface area contributed by atoms with Crippen molar-refractivity contribution in [2.45, 2.75) is 25.3 Å². The fourth-order valence-electron chi connectivity index (χ4n) is 2.47. The predicted octanol–water partition coefficient (Wildman–Crippen LogP) is 2.58. The number of rotatable bonds is 3. The molecule has 1 aromatic rings. The molecule has 0 unspecified atom stereocenters. The minimum atomic E-state index is -2.73. The number of hydrogen-bond acceptors (Lipinski definition) is 2. The molecular formula is C14H20F2N2. The van der Waals surface area contributed by atoms with Crippen LogP contribution in [0, 0.1) is 5.92 Å². The molecule has 1 aliphatic heterocycles. The van der Waals surface area contributed by atoms with E-state index in [9.17, 15) is 8.78 Å². The van der Waals surface area contributed by atoms with Gasteiger partial charge in [-0.3, -0.25) is 0 Å². The molecule has 0 bridgehead atoms. The number of halogens is 2. The third-order valence-electron chi connectivity index (χ3n) is 3.81. The number of likely N-dealkylation sites (tertiary alicyclic amines) is 1. The van der Waals surface area contributed by atoms with E-state index in [4.69, 9.17) is 5.73 Å². The first-order valence-electron chi connectivity index (χ1n) is 6.40. The van der Waals surface area contributed by atoms with Crippen LogP contribution < -0.4 is 5.73 Å². The summed E-state index contributed by atoms with van der Waals surface area (Å²) < 4.78 is 28.7. The molecule has 1 saturated heterocycles. The average molecular weight is 254 g/mol. The van der Waals surface area contributed by atoms with Crippen LogP contribution in [0.25, 0.3) is 0 Å². The summed E-state index contributed by atoms with van der Waals surface area (Å²) in [7, 11) is 1.98. The molecule has 0 amide bonds. The molecule has 0 spiro atoms. The van der Waals surface area contributed by atoms with Gasteiger partial charge in [-0.2, -0.15) is 0 Å². The Morgan fingerprint density at radius 3 is 2.28 bits per heavy atom. The highest BCUT2D eigenvalue weighted by atomic mass is 19.3. The number of nitrogens with zero attached hydrogens (tertiary/aromatic N) is 1. The van der Waals surface area contributed by atoms with Gasteiger partial charge in [-0.1, -0.05) is 24.3 Å². The van der Waals surface area contributed by atoms with Gasteiger partial charge in [-0.05, 0) is 38.5 Å². The second-order valence-corrected chi connectivity index (χ2v) is 5.10. The molecule has 0 saturated carbocycles. The third kappa shape index (κ3) is 2.70. The van der Waals surface area contributed by atoms with E-state index >= 15 is 0 Å². The Morgan fingerprint density at radius 2 is 1.78 bits per heavy atom. The number of alkyl halides is 2. The van der Waals surface area contributed by atoms with E-state index in [0.717, 1.165) is 18.7 Å². The number of nitrogens with two attached hydrogens (primary N) is 1. The third-order valence-corrected chi connectivity index (χ3v) is 3.81. The highest BCUT2D eigenvalue weighted by molar-refractivity contribution is 5.26. The second kappa shape index (κ2) is 5.33. The van der Waals surface area contributed by atoms with E-state index in [1.165, 1.54) is 12.1 Å². The maximum Gasteiger partial charge on any atom is 0.276 e. The van der Waals surface area contributed by atoms with Crippen LogP contribution in [0.4, 0.5) is 8.78 Å². The Kier molecular flexibility index (Phi) is 3.97. The fraction of sp³-hybridized carbons (Fsp3) is 0.571. The average Bonchev–Trinajstić information content (AvgIpc) is 2.39. The molecular weight excluding hydrogens is 234 g/mol. The lowest BCUT2D eigenvalue weighted by atomic mass is 9.86. The van der Waals surface area contributed by atoms with Crippen LogP contribution in [0.5, 0.6) is 0 Å². The molecule has 18 heavy (non-hydrogen) atoms. The Bertz CT molecular complexity index is 381. The summed E-state index contributed by atoms with van der Waals surface area (Å²) in [5, 5.41) is 0. The Morgan fingerprint density at radius 1 is 1.22 bits per heavy atom. The van der Waals surface area contributed by atoms with Gasteiger partial charge < -0.3 is 10.6 Å². The minimum absolute atomic E-state index is 0.120. The normalized spacial score (nSPS) is 19.1. The van der Waals surface area contributed by atoms with E-state index in [2.05, 4.69) is 4.90 Å². The van der Waals surface area contributed by atoms with Gasteiger partial charge in [0, 0.05) is 18.0 Å². The Hall–Kier alpha value is -1.00. The highest BCUT2D eigenvalue weighted by Gasteiger charge is 2.42. The molecule has 2 N–H and O–H groups in total. The molecule has 1 heterocycles. The topological polar surface area (TPSA) is 29.3 Å². The zero-order chi connectivity index (χ0) is 13.2. The summed E-state index contributed by atoms with van der Waals surface area (Å²) in [5.41, 5.74) is 6.48.